The van der Waals surface area contributed by atoms with Gasteiger partial charge in [0, 0.05) is 11.8 Å². The summed E-state index contributed by atoms with van der Waals surface area (Å²) in [6, 6.07) is 6.76. The van der Waals surface area contributed by atoms with Gasteiger partial charge in [-0.3, -0.25) is 4.79 Å². The molecular weight excluding hydrogens is 337 g/mol. The van der Waals surface area contributed by atoms with E-state index in [0.29, 0.717) is 23.7 Å². The Labute approximate surface area is 141 Å². The number of alkyl halides is 3. The number of hydrogen-bond donors (Lipinski definition) is 1. The van der Waals surface area contributed by atoms with Crippen molar-refractivity contribution in [2.45, 2.75) is 19.2 Å². The molecule has 0 atom stereocenters. The molecule has 1 aromatic heterocycles. The number of pyridine rings is 1. The minimum Gasteiger partial charge on any atom is -0.477 e. The van der Waals surface area contributed by atoms with Crippen molar-refractivity contribution in [3.63, 3.8) is 0 Å². The Hall–Kier alpha value is -2.77. The van der Waals surface area contributed by atoms with Crippen molar-refractivity contribution in [3.05, 3.63) is 42.1 Å². The van der Waals surface area contributed by atoms with E-state index in [1.807, 2.05) is 0 Å². The summed E-state index contributed by atoms with van der Waals surface area (Å²) in [6.07, 6.45) is -1.08. The zero-order chi connectivity index (χ0) is 18.0. The lowest BCUT2D eigenvalue weighted by atomic mass is 10.1. The Bertz CT molecular complexity index is 772. The van der Waals surface area contributed by atoms with Gasteiger partial charge in [0.1, 0.15) is 11.3 Å². The number of rotatable bonds is 6. The summed E-state index contributed by atoms with van der Waals surface area (Å²) in [5, 5.41) is 0. The summed E-state index contributed by atoms with van der Waals surface area (Å²) in [4.78, 5) is 15.8. The molecule has 1 amide bonds. The second-order valence-electron chi connectivity index (χ2n) is 5.77. The molecule has 5 nitrogen and oxygen atoms in total. The van der Waals surface area contributed by atoms with Gasteiger partial charge in [-0.15, -0.1) is 13.2 Å². The molecule has 2 N–H and O–H groups in total. The fourth-order valence-electron chi connectivity index (χ4n) is 2.23. The van der Waals surface area contributed by atoms with Crippen molar-refractivity contribution in [2.75, 3.05) is 6.61 Å². The van der Waals surface area contributed by atoms with E-state index in [-0.39, 0.29) is 17.2 Å². The van der Waals surface area contributed by atoms with Gasteiger partial charge in [-0.1, -0.05) is 12.1 Å². The van der Waals surface area contributed by atoms with Gasteiger partial charge in [0.2, 0.25) is 5.88 Å². The Morgan fingerprint density at radius 3 is 2.44 bits per heavy atom. The normalized spacial score (nSPS) is 14.2. The van der Waals surface area contributed by atoms with Crippen molar-refractivity contribution in [1.82, 2.24) is 4.98 Å². The van der Waals surface area contributed by atoms with Crippen LogP contribution in [0.2, 0.25) is 0 Å². The van der Waals surface area contributed by atoms with E-state index in [2.05, 4.69) is 9.72 Å². The van der Waals surface area contributed by atoms with E-state index in [1.165, 1.54) is 36.5 Å². The summed E-state index contributed by atoms with van der Waals surface area (Å²) in [5.41, 5.74) is 6.61. The van der Waals surface area contributed by atoms with Crippen molar-refractivity contribution >= 4 is 5.91 Å². The first-order chi connectivity index (χ1) is 11.8. The molecule has 2 aromatic rings. The maximum Gasteiger partial charge on any atom is 0.573 e. The number of carbonyl (C=O) groups is 1. The van der Waals surface area contributed by atoms with Crippen LogP contribution in [0, 0.1) is 5.92 Å². The standard InChI is InChI=1S/C17H15F3N2O3/c18-17(19,20)25-13-5-3-11(4-6-13)12-7-14(15(21)23)16(22-8-12)24-9-10-1-2-10/h3-8,10H,1-2,9H2,(H2,21,23). The number of nitrogens with zero attached hydrogens (tertiary/aromatic N) is 1. The predicted octanol–water partition coefficient (Wildman–Crippen LogP) is 3.53. The molecule has 1 aliphatic rings. The van der Waals surface area contributed by atoms with E-state index in [0.717, 1.165) is 12.8 Å². The van der Waals surface area contributed by atoms with E-state index >= 15 is 0 Å². The molecule has 1 saturated carbocycles. The highest BCUT2D eigenvalue weighted by Crippen LogP contribution is 2.31. The van der Waals surface area contributed by atoms with Crippen LogP contribution in [-0.4, -0.2) is 23.9 Å². The lowest BCUT2D eigenvalue weighted by Crippen LogP contribution is -2.17. The van der Waals surface area contributed by atoms with Gasteiger partial charge in [-0.2, -0.15) is 0 Å². The van der Waals surface area contributed by atoms with Crippen molar-refractivity contribution in [1.29, 1.82) is 0 Å². The number of primary amides is 1. The molecule has 132 valence electrons. The maximum atomic E-state index is 12.2. The number of amides is 1. The number of benzene rings is 1. The van der Waals surface area contributed by atoms with Crippen LogP contribution in [-0.2, 0) is 0 Å². The van der Waals surface area contributed by atoms with Gasteiger partial charge < -0.3 is 15.2 Å². The molecule has 25 heavy (non-hydrogen) atoms. The molecule has 8 heteroatoms. The van der Waals surface area contributed by atoms with Crippen LogP contribution >= 0.6 is 0 Å². The number of nitrogens with two attached hydrogens (primary N) is 1. The van der Waals surface area contributed by atoms with Crippen LogP contribution in [0.4, 0.5) is 13.2 Å². The predicted molar refractivity (Wildman–Crippen MR) is 83.1 cm³/mol. The third kappa shape index (κ3) is 4.62. The average molecular weight is 352 g/mol. The Morgan fingerprint density at radius 1 is 1.20 bits per heavy atom. The minimum atomic E-state index is -4.75. The number of halogens is 3. The van der Waals surface area contributed by atoms with Crippen molar-refractivity contribution in [2.24, 2.45) is 11.7 Å². The van der Waals surface area contributed by atoms with E-state index in [1.54, 1.807) is 0 Å². The second kappa shape index (κ2) is 6.62. The molecule has 0 bridgehead atoms. The van der Waals surface area contributed by atoms with Crippen LogP contribution in [0.1, 0.15) is 23.2 Å². The quantitative estimate of drug-likeness (QED) is 0.863. The second-order valence-corrected chi connectivity index (χ2v) is 5.77. The fraction of sp³-hybridized carbons (Fsp3) is 0.294. The highest BCUT2D eigenvalue weighted by Gasteiger charge is 2.31. The van der Waals surface area contributed by atoms with Crippen molar-refractivity contribution in [3.8, 4) is 22.8 Å². The first kappa shape index (κ1) is 17.1. The molecule has 0 aliphatic heterocycles. The Balaban J connectivity index is 1.81. The van der Waals surface area contributed by atoms with Crippen LogP contribution < -0.4 is 15.2 Å². The monoisotopic (exact) mass is 352 g/mol. The maximum absolute atomic E-state index is 12.2. The van der Waals surface area contributed by atoms with E-state index in [9.17, 15) is 18.0 Å². The molecular formula is C17H15F3N2O3. The number of hydrogen-bond acceptors (Lipinski definition) is 4. The number of aromatic nitrogens is 1. The molecule has 1 aliphatic carbocycles. The van der Waals surface area contributed by atoms with Gasteiger partial charge in [-0.05, 0) is 42.5 Å². The lowest BCUT2D eigenvalue weighted by Gasteiger charge is -2.11. The smallest absolute Gasteiger partial charge is 0.477 e. The van der Waals surface area contributed by atoms with Crippen LogP contribution in [0.5, 0.6) is 11.6 Å². The molecule has 1 fully saturated rings. The van der Waals surface area contributed by atoms with Crippen LogP contribution in [0.25, 0.3) is 11.1 Å². The SMILES string of the molecule is NC(=O)c1cc(-c2ccc(OC(F)(F)F)cc2)cnc1OCC1CC1. The first-order valence-corrected chi connectivity index (χ1v) is 7.60. The highest BCUT2D eigenvalue weighted by atomic mass is 19.4. The van der Waals surface area contributed by atoms with Gasteiger partial charge >= 0.3 is 6.36 Å². The zero-order valence-electron chi connectivity index (χ0n) is 13.0. The van der Waals surface area contributed by atoms with Crippen LogP contribution in [0.3, 0.4) is 0 Å². The summed E-state index contributed by atoms with van der Waals surface area (Å²) in [7, 11) is 0. The third-order valence-corrected chi connectivity index (χ3v) is 3.69. The van der Waals surface area contributed by atoms with Crippen molar-refractivity contribution < 1.29 is 27.4 Å². The Kier molecular flexibility index (Phi) is 4.52. The van der Waals surface area contributed by atoms with Gasteiger partial charge in [0.15, 0.2) is 0 Å². The average Bonchev–Trinajstić information content (AvgIpc) is 3.36. The molecule has 0 spiro atoms. The zero-order valence-corrected chi connectivity index (χ0v) is 13.0. The van der Waals surface area contributed by atoms with Crippen LogP contribution in [0.15, 0.2) is 36.5 Å². The topological polar surface area (TPSA) is 74.4 Å². The third-order valence-electron chi connectivity index (χ3n) is 3.69. The lowest BCUT2D eigenvalue weighted by molar-refractivity contribution is -0.274. The summed E-state index contributed by atoms with van der Waals surface area (Å²) in [6.45, 7) is 0.482. The van der Waals surface area contributed by atoms with Gasteiger partial charge in [-0.25, -0.2) is 4.98 Å². The van der Waals surface area contributed by atoms with Gasteiger partial charge in [0.25, 0.3) is 5.91 Å². The number of ether oxygens (including phenoxy) is 2. The van der Waals surface area contributed by atoms with E-state index in [4.69, 9.17) is 10.5 Å². The minimum absolute atomic E-state index is 0.133. The first-order valence-electron chi connectivity index (χ1n) is 7.60. The largest absolute Gasteiger partial charge is 0.573 e. The van der Waals surface area contributed by atoms with Gasteiger partial charge in [0.05, 0.1) is 6.61 Å². The van der Waals surface area contributed by atoms with E-state index < -0.39 is 12.3 Å². The Morgan fingerprint density at radius 2 is 1.88 bits per heavy atom. The molecule has 0 unspecified atom stereocenters. The molecule has 3 rings (SSSR count). The molecule has 0 radical (unpaired) electrons. The number of carbonyl (C=O) groups excluding carboxylic acids is 1. The summed E-state index contributed by atoms with van der Waals surface area (Å²) >= 11 is 0. The highest BCUT2D eigenvalue weighted by molar-refractivity contribution is 5.96. The summed E-state index contributed by atoms with van der Waals surface area (Å²) < 4.78 is 45.9. The molecule has 1 aromatic carbocycles. The summed E-state index contributed by atoms with van der Waals surface area (Å²) in [5.74, 6) is -0.357. The molecule has 1 heterocycles. The molecule has 0 saturated heterocycles. The fourth-order valence-corrected chi connectivity index (χ4v) is 2.23.